The molecule has 11 heteroatoms. The van der Waals surface area contributed by atoms with Crippen molar-refractivity contribution in [3.63, 3.8) is 0 Å². The third-order valence-electron chi connectivity index (χ3n) is 6.93. The van der Waals surface area contributed by atoms with Gasteiger partial charge >= 0.3 is 6.18 Å². The number of methoxy groups -OCH3 is 1. The lowest BCUT2D eigenvalue weighted by Crippen LogP contribution is -2.39. The van der Waals surface area contributed by atoms with Crippen LogP contribution < -0.4 is 19.9 Å². The van der Waals surface area contributed by atoms with Gasteiger partial charge in [0.25, 0.3) is 5.91 Å². The number of halogens is 3. The molecule has 3 aromatic rings. The van der Waals surface area contributed by atoms with Gasteiger partial charge in [0.2, 0.25) is 5.91 Å². The maximum absolute atomic E-state index is 13.8. The zero-order chi connectivity index (χ0) is 27.0. The van der Waals surface area contributed by atoms with Gasteiger partial charge in [0, 0.05) is 30.5 Å². The molecule has 1 aliphatic carbocycles. The van der Waals surface area contributed by atoms with Crippen molar-refractivity contribution in [1.29, 1.82) is 0 Å². The Morgan fingerprint density at radius 3 is 2.37 bits per heavy atom. The van der Waals surface area contributed by atoms with Gasteiger partial charge in [0.05, 0.1) is 19.3 Å². The van der Waals surface area contributed by atoms with Gasteiger partial charge in [0.15, 0.2) is 5.69 Å². The van der Waals surface area contributed by atoms with E-state index in [4.69, 9.17) is 4.74 Å². The van der Waals surface area contributed by atoms with Crippen molar-refractivity contribution < 1.29 is 27.5 Å². The van der Waals surface area contributed by atoms with E-state index in [1.807, 2.05) is 0 Å². The summed E-state index contributed by atoms with van der Waals surface area (Å²) < 4.78 is 47.6. The van der Waals surface area contributed by atoms with E-state index in [9.17, 15) is 22.8 Å². The molecule has 0 bridgehead atoms. The summed E-state index contributed by atoms with van der Waals surface area (Å²) in [7, 11) is 3.17. The molecule has 2 aliphatic rings. The molecule has 1 saturated carbocycles. The van der Waals surface area contributed by atoms with Crippen LogP contribution in [0, 0.1) is 5.92 Å². The molecule has 2 aromatic carbocycles. The Bertz CT molecular complexity index is 1330. The second kappa shape index (κ2) is 10.1. The minimum Gasteiger partial charge on any atom is -0.497 e. The van der Waals surface area contributed by atoms with Crippen LogP contribution in [0.3, 0.4) is 0 Å². The molecule has 1 aromatic heterocycles. The number of ether oxygens (including phenoxy) is 1. The standard InChI is InChI=1S/C27H28F3N5O3/c1-33(23(36)16-31-15-17-3-4-17)18-5-7-19(8-6-18)34-14-13-22-24(26(34)37)35(32-25(22)27(28,29)30)20-9-11-21(38-2)12-10-20/h5-12,17,31H,3-4,13-16H2,1-2H3. The van der Waals surface area contributed by atoms with Gasteiger partial charge in [-0.05, 0) is 80.3 Å². The lowest BCUT2D eigenvalue weighted by atomic mass is 10.0. The highest BCUT2D eigenvalue weighted by atomic mass is 19.4. The van der Waals surface area contributed by atoms with Crippen LogP contribution in [-0.2, 0) is 17.4 Å². The van der Waals surface area contributed by atoms with Crippen LogP contribution in [0.1, 0.15) is 34.6 Å². The van der Waals surface area contributed by atoms with E-state index in [0.717, 1.165) is 11.2 Å². The zero-order valence-corrected chi connectivity index (χ0v) is 21.1. The monoisotopic (exact) mass is 527 g/mol. The Kier molecular flexibility index (Phi) is 6.87. The van der Waals surface area contributed by atoms with Crippen molar-refractivity contribution in [2.24, 2.45) is 5.92 Å². The number of carbonyl (C=O) groups is 2. The lowest BCUT2D eigenvalue weighted by molar-refractivity contribution is -0.142. The Morgan fingerprint density at radius 2 is 1.76 bits per heavy atom. The number of carbonyl (C=O) groups excluding carboxylic acids is 2. The molecule has 0 atom stereocenters. The Hall–Kier alpha value is -3.86. The first-order valence-electron chi connectivity index (χ1n) is 12.4. The van der Waals surface area contributed by atoms with E-state index in [2.05, 4.69) is 10.4 Å². The fraction of sp³-hybridized carbons (Fsp3) is 0.370. The third-order valence-corrected chi connectivity index (χ3v) is 6.93. The minimum atomic E-state index is -4.70. The van der Waals surface area contributed by atoms with Crippen LogP contribution in [0.15, 0.2) is 48.5 Å². The van der Waals surface area contributed by atoms with Gasteiger partial charge in [-0.2, -0.15) is 18.3 Å². The van der Waals surface area contributed by atoms with Crippen molar-refractivity contribution >= 4 is 23.2 Å². The number of hydrogen-bond donors (Lipinski definition) is 1. The highest BCUT2D eigenvalue weighted by Crippen LogP contribution is 2.37. The fourth-order valence-corrected chi connectivity index (χ4v) is 4.57. The number of rotatable bonds is 8. The SMILES string of the molecule is COc1ccc(-n2nc(C(F)(F)F)c3c2C(=O)N(c2ccc(N(C)C(=O)CNCC4CC4)cc2)CC3)cc1. The summed E-state index contributed by atoms with van der Waals surface area (Å²) in [4.78, 5) is 29.1. The number of hydrogen-bond acceptors (Lipinski definition) is 5. The van der Waals surface area contributed by atoms with Crippen molar-refractivity contribution in [3.8, 4) is 11.4 Å². The number of nitrogens with one attached hydrogen (secondary N) is 1. The summed E-state index contributed by atoms with van der Waals surface area (Å²) in [5.41, 5.74) is 0.204. The summed E-state index contributed by atoms with van der Waals surface area (Å²) in [6.45, 7) is 1.14. The average molecular weight is 528 g/mol. The lowest BCUT2D eigenvalue weighted by Gasteiger charge is -2.28. The molecule has 0 spiro atoms. The predicted molar refractivity (Wildman–Crippen MR) is 136 cm³/mol. The van der Waals surface area contributed by atoms with Crippen LogP contribution in [0.4, 0.5) is 24.5 Å². The summed E-state index contributed by atoms with van der Waals surface area (Å²) >= 11 is 0. The molecular weight excluding hydrogens is 499 g/mol. The fourth-order valence-electron chi connectivity index (χ4n) is 4.57. The van der Waals surface area contributed by atoms with Crippen LogP contribution in [-0.4, -0.2) is 55.4 Å². The first-order chi connectivity index (χ1) is 18.2. The van der Waals surface area contributed by atoms with Crippen LogP contribution in [0.25, 0.3) is 5.69 Å². The van der Waals surface area contributed by atoms with Crippen molar-refractivity contribution in [2.75, 3.05) is 43.6 Å². The number of alkyl halides is 3. The molecule has 0 saturated heterocycles. The number of amides is 2. The number of likely N-dealkylation sites (N-methyl/N-ethyl adjacent to an activating group) is 1. The van der Waals surface area contributed by atoms with Gasteiger partial charge in [-0.3, -0.25) is 9.59 Å². The highest BCUT2D eigenvalue weighted by molar-refractivity contribution is 6.07. The van der Waals surface area contributed by atoms with E-state index < -0.39 is 17.8 Å². The van der Waals surface area contributed by atoms with E-state index in [1.165, 1.54) is 29.8 Å². The van der Waals surface area contributed by atoms with Gasteiger partial charge in [-0.25, -0.2) is 4.68 Å². The average Bonchev–Trinajstić information content (AvgIpc) is 3.64. The summed E-state index contributed by atoms with van der Waals surface area (Å²) in [5.74, 6) is 0.538. The summed E-state index contributed by atoms with van der Waals surface area (Å²) in [6, 6.07) is 13.1. The molecule has 0 radical (unpaired) electrons. The highest BCUT2D eigenvalue weighted by Gasteiger charge is 2.43. The Morgan fingerprint density at radius 1 is 1.11 bits per heavy atom. The van der Waals surface area contributed by atoms with Crippen molar-refractivity contribution in [2.45, 2.75) is 25.4 Å². The maximum Gasteiger partial charge on any atom is 0.435 e. The largest absolute Gasteiger partial charge is 0.497 e. The smallest absolute Gasteiger partial charge is 0.435 e. The maximum atomic E-state index is 13.8. The molecule has 8 nitrogen and oxygen atoms in total. The Labute approximate surface area is 218 Å². The summed E-state index contributed by atoms with van der Waals surface area (Å²) in [5, 5.41) is 6.99. The third kappa shape index (κ3) is 5.10. The van der Waals surface area contributed by atoms with Crippen LogP contribution in [0.2, 0.25) is 0 Å². The first-order valence-corrected chi connectivity index (χ1v) is 12.4. The molecule has 2 heterocycles. The first kappa shape index (κ1) is 25.8. The van der Waals surface area contributed by atoms with E-state index in [1.54, 1.807) is 55.6 Å². The number of benzene rings is 2. The predicted octanol–water partition coefficient (Wildman–Crippen LogP) is 4.07. The molecule has 38 heavy (non-hydrogen) atoms. The Balaban J connectivity index is 1.39. The number of anilines is 2. The van der Waals surface area contributed by atoms with Crippen LogP contribution >= 0.6 is 0 Å². The minimum absolute atomic E-state index is 0.00112. The van der Waals surface area contributed by atoms with Gasteiger partial charge in [-0.15, -0.1) is 0 Å². The number of fused-ring (bicyclic) bond motifs is 1. The molecule has 2 amide bonds. The molecule has 1 N–H and O–H groups in total. The number of aromatic nitrogens is 2. The molecule has 1 aliphatic heterocycles. The molecule has 0 unspecified atom stereocenters. The zero-order valence-electron chi connectivity index (χ0n) is 21.1. The molecule has 1 fully saturated rings. The van der Waals surface area contributed by atoms with Gasteiger partial charge in [-0.1, -0.05) is 0 Å². The molecule has 200 valence electrons. The second-order valence-electron chi connectivity index (χ2n) is 9.53. The van der Waals surface area contributed by atoms with Gasteiger partial charge < -0.3 is 19.9 Å². The van der Waals surface area contributed by atoms with Crippen molar-refractivity contribution in [1.82, 2.24) is 15.1 Å². The summed E-state index contributed by atoms with van der Waals surface area (Å²) in [6.07, 6.45) is -2.30. The van der Waals surface area contributed by atoms with Crippen LogP contribution in [0.5, 0.6) is 5.75 Å². The molecule has 5 rings (SSSR count). The van der Waals surface area contributed by atoms with E-state index >= 15 is 0 Å². The normalized spacial score (nSPS) is 15.4. The van der Waals surface area contributed by atoms with E-state index in [-0.39, 0.29) is 36.7 Å². The van der Waals surface area contributed by atoms with E-state index in [0.29, 0.717) is 28.7 Å². The second-order valence-corrected chi connectivity index (χ2v) is 9.53. The molecular formula is C27H28F3N5O3. The topological polar surface area (TPSA) is 79.7 Å². The van der Waals surface area contributed by atoms with Crippen molar-refractivity contribution in [3.05, 3.63) is 65.5 Å². The number of nitrogens with zero attached hydrogens (tertiary/aromatic N) is 4. The van der Waals surface area contributed by atoms with Gasteiger partial charge in [0.1, 0.15) is 11.4 Å². The quantitative estimate of drug-likeness (QED) is 0.478.